The number of halogens is 1. The van der Waals surface area contributed by atoms with Gasteiger partial charge in [-0.3, -0.25) is 4.79 Å². The van der Waals surface area contributed by atoms with Crippen LogP contribution in [0, 0.1) is 0 Å². The lowest BCUT2D eigenvalue weighted by Crippen LogP contribution is -2.47. The van der Waals surface area contributed by atoms with Gasteiger partial charge < -0.3 is 24.8 Å². The second kappa shape index (κ2) is 10.2. The number of carbonyl (C=O) groups is 2. The molecule has 1 fully saturated rings. The molecular weight excluding hydrogens is 442 g/mol. The van der Waals surface area contributed by atoms with Crippen molar-refractivity contribution < 1.29 is 14.3 Å². The molecule has 0 unspecified atom stereocenters. The first-order chi connectivity index (χ1) is 15.9. The van der Waals surface area contributed by atoms with Crippen LogP contribution >= 0.6 is 11.6 Å². The summed E-state index contributed by atoms with van der Waals surface area (Å²) in [6.45, 7) is 6.22. The highest BCUT2D eigenvalue weighted by Gasteiger charge is 2.23. The van der Waals surface area contributed by atoms with Gasteiger partial charge in [-0.15, -0.1) is 0 Å². The number of nitrogens with zero attached hydrogens (tertiary/aromatic N) is 3. The molecule has 0 radical (unpaired) electrons. The summed E-state index contributed by atoms with van der Waals surface area (Å²) in [6.07, 6.45) is 2.72. The first-order valence-corrected chi connectivity index (χ1v) is 11.5. The number of pyridine rings is 1. The number of nitrogens with one attached hydrogen (secondary N) is 2. The minimum atomic E-state index is -0.512. The summed E-state index contributed by atoms with van der Waals surface area (Å²) < 4.78 is 7.34. The molecule has 8 nitrogen and oxygen atoms in total. The number of hydrogen-bond acceptors (Lipinski definition) is 5. The Bertz CT molecular complexity index is 1120. The number of ether oxygens (including phenoxy) is 1. The third-order valence-electron chi connectivity index (χ3n) is 5.85. The summed E-state index contributed by atoms with van der Waals surface area (Å²) >= 11 is 5.85. The normalized spacial score (nSPS) is 15.0. The molecule has 0 spiro atoms. The topological polar surface area (TPSA) is 88.5 Å². The lowest BCUT2D eigenvalue weighted by atomic mass is 10.0. The highest BCUT2D eigenvalue weighted by atomic mass is 35.5. The van der Waals surface area contributed by atoms with Crippen LogP contribution in [-0.4, -0.2) is 51.6 Å². The molecule has 1 aliphatic rings. The number of amides is 2. The van der Waals surface area contributed by atoms with E-state index in [1.807, 2.05) is 24.3 Å². The summed E-state index contributed by atoms with van der Waals surface area (Å²) in [5.41, 5.74) is 0.796. The van der Waals surface area contributed by atoms with Crippen molar-refractivity contribution in [1.82, 2.24) is 19.8 Å². The van der Waals surface area contributed by atoms with Crippen molar-refractivity contribution in [1.29, 1.82) is 0 Å². The third kappa shape index (κ3) is 5.83. The highest BCUT2D eigenvalue weighted by Crippen LogP contribution is 2.26. The molecule has 2 N–H and O–H groups in total. The minimum Gasteiger partial charge on any atom is -0.393 e. The predicted molar refractivity (Wildman–Crippen MR) is 129 cm³/mol. The van der Waals surface area contributed by atoms with Gasteiger partial charge in [-0.05, 0) is 44.9 Å². The Hall–Kier alpha value is -3.10. The molecule has 0 atom stereocenters. The number of aromatic nitrogens is 2. The second-order valence-corrected chi connectivity index (χ2v) is 8.91. The summed E-state index contributed by atoms with van der Waals surface area (Å²) in [7, 11) is 0. The Morgan fingerprint density at radius 3 is 2.64 bits per heavy atom. The number of fused-ring (bicyclic) bond motifs is 1. The van der Waals surface area contributed by atoms with Crippen molar-refractivity contribution in [2.45, 2.75) is 45.3 Å². The number of likely N-dealkylation sites (tertiary alicyclic amines) is 1. The summed E-state index contributed by atoms with van der Waals surface area (Å²) in [5.74, 6) is 0.416. The van der Waals surface area contributed by atoms with Crippen LogP contribution in [0.5, 0.6) is 5.88 Å². The van der Waals surface area contributed by atoms with E-state index in [0.717, 1.165) is 36.8 Å². The number of anilines is 1. The molecule has 4 rings (SSSR count). The monoisotopic (exact) mass is 469 g/mol. The van der Waals surface area contributed by atoms with Gasteiger partial charge in [-0.1, -0.05) is 29.8 Å². The molecular formula is C24H28ClN5O3. The lowest BCUT2D eigenvalue weighted by molar-refractivity contribution is -0.116. The predicted octanol–water partition coefficient (Wildman–Crippen LogP) is 4.29. The number of rotatable bonds is 6. The average Bonchev–Trinajstić information content (AvgIpc) is 3.12. The van der Waals surface area contributed by atoms with E-state index in [1.165, 1.54) is 6.20 Å². The number of carbonyl (C=O) groups excluding carboxylic acids is 2. The number of para-hydroxylation sites is 1. The highest BCUT2D eigenvalue weighted by molar-refractivity contribution is 6.30. The fourth-order valence-corrected chi connectivity index (χ4v) is 4.17. The van der Waals surface area contributed by atoms with Crippen LogP contribution in [0.25, 0.3) is 10.9 Å². The van der Waals surface area contributed by atoms with E-state index in [0.29, 0.717) is 22.8 Å². The molecule has 3 heterocycles. The van der Waals surface area contributed by atoms with E-state index in [1.54, 1.807) is 22.8 Å². The molecule has 1 saturated heterocycles. The quantitative estimate of drug-likeness (QED) is 0.562. The van der Waals surface area contributed by atoms with Gasteiger partial charge in [-0.25, -0.2) is 9.78 Å². The maximum atomic E-state index is 12.7. The van der Waals surface area contributed by atoms with Crippen molar-refractivity contribution >= 4 is 40.3 Å². The molecule has 2 aromatic heterocycles. The van der Waals surface area contributed by atoms with E-state index in [2.05, 4.69) is 34.4 Å². The van der Waals surface area contributed by atoms with E-state index < -0.39 is 6.09 Å². The Labute approximate surface area is 197 Å². The molecule has 3 aromatic rings. The zero-order valence-corrected chi connectivity index (χ0v) is 19.5. The first kappa shape index (κ1) is 23.1. The molecule has 1 aliphatic heterocycles. The van der Waals surface area contributed by atoms with E-state index in [4.69, 9.17) is 16.3 Å². The van der Waals surface area contributed by atoms with Crippen LogP contribution in [0.3, 0.4) is 0 Å². The van der Waals surface area contributed by atoms with Gasteiger partial charge in [-0.2, -0.15) is 0 Å². The van der Waals surface area contributed by atoms with Gasteiger partial charge in [0, 0.05) is 42.8 Å². The van der Waals surface area contributed by atoms with Crippen molar-refractivity contribution in [2.24, 2.45) is 0 Å². The van der Waals surface area contributed by atoms with Crippen LogP contribution in [0.4, 0.5) is 10.6 Å². The van der Waals surface area contributed by atoms with Crippen molar-refractivity contribution in [3.63, 3.8) is 0 Å². The number of benzene rings is 1. The maximum absolute atomic E-state index is 12.7. The molecule has 2 amide bonds. The smallest absolute Gasteiger partial charge is 0.393 e. The van der Waals surface area contributed by atoms with Crippen LogP contribution in [0.2, 0.25) is 5.02 Å². The zero-order chi connectivity index (χ0) is 23.4. The van der Waals surface area contributed by atoms with Gasteiger partial charge in [0.15, 0.2) is 0 Å². The third-order valence-corrected chi connectivity index (χ3v) is 6.07. The van der Waals surface area contributed by atoms with E-state index in [-0.39, 0.29) is 18.5 Å². The fraction of sp³-hybridized carbons (Fsp3) is 0.375. The van der Waals surface area contributed by atoms with Gasteiger partial charge in [0.2, 0.25) is 11.8 Å². The molecule has 0 saturated carbocycles. The Morgan fingerprint density at radius 2 is 1.94 bits per heavy atom. The SMILES string of the molecule is CC(C)N1CCC(NC(=O)Oc2cc3ccccc3n2CC(=O)Nc2ccc(Cl)cn2)CC1. The summed E-state index contributed by atoms with van der Waals surface area (Å²) in [6, 6.07) is 13.2. The van der Waals surface area contributed by atoms with Crippen LogP contribution < -0.4 is 15.4 Å². The van der Waals surface area contributed by atoms with Crippen LogP contribution in [0.15, 0.2) is 48.7 Å². The summed E-state index contributed by atoms with van der Waals surface area (Å²) in [5, 5.41) is 7.08. The first-order valence-electron chi connectivity index (χ1n) is 11.1. The average molecular weight is 470 g/mol. The van der Waals surface area contributed by atoms with E-state index in [9.17, 15) is 9.59 Å². The Morgan fingerprint density at radius 1 is 1.18 bits per heavy atom. The Balaban J connectivity index is 1.44. The van der Waals surface area contributed by atoms with Gasteiger partial charge in [0.1, 0.15) is 12.4 Å². The second-order valence-electron chi connectivity index (χ2n) is 8.48. The minimum absolute atomic E-state index is 0.0345. The molecule has 1 aromatic carbocycles. The standard InChI is InChI=1S/C24H28ClN5O3/c1-16(2)29-11-9-19(10-12-29)27-24(32)33-23-13-17-5-3-4-6-20(17)30(23)15-22(31)28-21-8-7-18(25)14-26-21/h3-8,13-14,16,19H,9-12,15H2,1-2H3,(H,27,32)(H,26,28,31). The Kier molecular flexibility index (Phi) is 7.15. The molecule has 174 valence electrons. The summed E-state index contributed by atoms with van der Waals surface area (Å²) in [4.78, 5) is 31.8. The molecule has 9 heteroatoms. The van der Waals surface area contributed by atoms with Crippen LogP contribution in [-0.2, 0) is 11.3 Å². The maximum Gasteiger partial charge on any atom is 0.414 e. The molecule has 33 heavy (non-hydrogen) atoms. The van der Waals surface area contributed by atoms with Gasteiger partial charge in [0.25, 0.3) is 0 Å². The van der Waals surface area contributed by atoms with E-state index >= 15 is 0 Å². The van der Waals surface area contributed by atoms with Crippen molar-refractivity contribution in [3.8, 4) is 5.88 Å². The van der Waals surface area contributed by atoms with Crippen LogP contribution in [0.1, 0.15) is 26.7 Å². The van der Waals surface area contributed by atoms with Gasteiger partial charge >= 0.3 is 6.09 Å². The van der Waals surface area contributed by atoms with Crippen molar-refractivity contribution in [3.05, 3.63) is 53.7 Å². The number of piperidine rings is 1. The largest absolute Gasteiger partial charge is 0.414 e. The zero-order valence-electron chi connectivity index (χ0n) is 18.8. The molecule has 0 aliphatic carbocycles. The molecule has 0 bridgehead atoms. The lowest BCUT2D eigenvalue weighted by Gasteiger charge is -2.34. The van der Waals surface area contributed by atoms with Crippen molar-refractivity contribution in [2.75, 3.05) is 18.4 Å². The fourth-order valence-electron chi connectivity index (χ4n) is 4.06. The number of hydrogen-bond donors (Lipinski definition) is 2. The van der Waals surface area contributed by atoms with Gasteiger partial charge in [0.05, 0.1) is 10.5 Å².